The number of benzene rings is 1. The third kappa shape index (κ3) is 3.51. The Hall–Kier alpha value is -2.02. The number of methoxy groups -OCH3 is 1. The van der Waals surface area contributed by atoms with Crippen LogP contribution in [0.15, 0.2) is 18.2 Å². The molecule has 1 heterocycles. The molecule has 0 saturated carbocycles. The Bertz CT molecular complexity index is 557. The van der Waals surface area contributed by atoms with E-state index in [-0.39, 0.29) is 0 Å². The lowest BCUT2D eigenvalue weighted by atomic mass is 10.1. The molecule has 0 bridgehead atoms. The summed E-state index contributed by atoms with van der Waals surface area (Å²) in [4.78, 5) is 0. The fourth-order valence-corrected chi connectivity index (χ4v) is 1.95. The Kier molecular flexibility index (Phi) is 5.00. The Labute approximate surface area is 116 Å². The fraction of sp³-hybridized carbons (Fsp3) is 0.462. The van der Waals surface area contributed by atoms with Crippen molar-refractivity contribution in [2.24, 2.45) is 0 Å². The van der Waals surface area contributed by atoms with E-state index < -0.39 is 5.82 Å². The van der Waals surface area contributed by atoms with Gasteiger partial charge in [-0.05, 0) is 47.9 Å². The summed E-state index contributed by atoms with van der Waals surface area (Å²) in [5.74, 6) is 0.00896. The van der Waals surface area contributed by atoms with Crippen LogP contribution < -0.4 is 5.73 Å². The zero-order valence-corrected chi connectivity index (χ0v) is 11.4. The van der Waals surface area contributed by atoms with Crippen LogP contribution in [0, 0.1) is 5.82 Å². The van der Waals surface area contributed by atoms with E-state index in [9.17, 15) is 4.39 Å². The molecule has 0 saturated heterocycles. The van der Waals surface area contributed by atoms with Crippen LogP contribution in [0.1, 0.15) is 19.3 Å². The van der Waals surface area contributed by atoms with Gasteiger partial charge < -0.3 is 10.5 Å². The van der Waals surface area contributed by atoms with E-state index in [1.807, 2.05) is 0 Å². The predicted octanol–water partition coefficient (Wildman–Crippen LogP) is 1.88. The molecule has 0 spiro atoms. The van der Waals surface area contributed by atoms with Crippen molar-refractivity contribution in [1.29, 1.82) is 0 Å². The molecule has 2 N–H and O–H groups in total. The van der Waals surface area contributed by atoms with E-state index in [4.69, 9.17) is 10.5 Å². The summed E-state index contributed by atoms with van der Waals surface area (Å²) >= 11 is 0. The Morgan fingerprint density at radius 3 is 2.90 bits per heavy atom. The second kappa shape index (κ2) is 6.95. The number of nitrogen functional groups attached to an aromatic ring is 1. The lowest BCUT2D eigenvalue weighted by molar-refractivity contribution is 0.191. The van der Waals surface area contributed by atoms with Gasteiger partial charge in [-0.3, -0.25) is 0 Å². The molecule has 0 atom stereocenters. The minimum Gasteiger partial charge on any atom is -0.399 e. The van der Waals surface area contributed by atoms with Gasteiger partial charge in [0.25, 0.3) is 0 Å². The molecule has 6 nitrogen and oxygen atoms in total. The number of aromatic nitrogens is 4. The van der Waals surface area contributed by atoms with Crippen molar-refractivity contribution in [3.8, 4) is 11.4 Å². The molecule has 0 radical (unpaired) electrons. The van der Waals surface area contributed by atoms with Gasteiger partial charge in [-0.1, -0.05) is 0 Å². The Morgan fingerprint density at radius 1 is 1.30 bits per heavy atom. The maximum atomic E-state index is 13.9. The first-order valence-electron chi connectivity index (χ1n) is 6.53. The van der Waals surface area contributed by atoms with Gasteiger partial charge >= 0.3 is 0 Å². The summed E-state index contributed by atoms with van der Waals surface area (Å²) in [5.41, 5.74) is 6.28. The van der Waals surface area contributed by atoms with E-state index in [2.05, 4.69) is 15.5 Å². The van der Waals surface area contributed by atoms with E-state index in [1.54, 1.807) is 23.9 Å². The average molecular weight is 279 g/mol. The molecular formula is C13H18FN5O. The number of rotatable bonds is 7. The summed E-state index contributed by atoms with van der Waals surface area (Å²) in [6.07, 6.45) is 2.92. The third-order valence-electron chi connectivity index (χ3n) is 2.98. The number of anilines is 1. The summed E-state index contributed by atoms with van der Waals surface area (Å²) in [7, 11) is 1.68. The first kappa shape index (κ1) is 14.4. The van der Waals surface area contributed by atoms with Gasteiger partial charge in [-0.2, -0.15) is 0 Å². The number of tetrazole rings is 1. The molecule has 0 aliphatic heterocycles. The van der Waals surface area contributed by atoms with Gasteiger partial charge in [0.05, 0.1) is 5.56 Å². The molecule has 0 aliphatic rings. The molecule has 1 aromatic carbocycles. The zero-order chi connectivity index (χ0) is 14.4. The van der Waals surface area contributed by atoms with Gasteiger partial charge in [0.2, 0.25) is 0 Å². The van der Waals surface area contributed by atoms with Crippen LogP contribution in [0.5, 0.6) is 0 Å². The van der Waals surface area contributed by atoms with Gasteiger partial charge in [0.15, 0.2) is 5.82 Å². The highest BCUT2D eigenvalue weighted by Crippen LogP contribution is 2.22. The molecule has 2 aromatic rings. The maximum Gasteiger partial charge on any atom is 0.184 e. The zero-order valence-electron chi connectivity index (χ0n) is 11.4. The molecule has 0 unspecified atom stereocenters. The van der Waals surface area contributed by atoms with Crippen LogP contribution >= 0.6 is 0 Å². The quantitative estimate of drug-likeness (QED) is 0.618. The van der Waals surface area contributed by atoms with Gasteiger partial charge in [0.1, 0.15) is 5.82 Å². The van der Waals surface area contributed by atoms with Gasteiger partial charge in [0, 0.05) is 25.9 Å². The third-order valence-corrected chi connectivity index (χ3v) is 2.98. The number of aryl methyl sites for hydroxylation is 1. The number of ether oxygens (including phenoxy) is 1. The van der Waals surface area contributed by atoms with Gasteiger partial charge in [-0.15, -0.1) is 5.10 Å². The molecule has 7 heteroatoms. The molecule has 20 heavy (non-hydrogen) atoms. The fourth-order valence-electron chi connectivity index (χ4n) is 1.95. The Balaban J connectivity index is 2.04. The van der Waals surface area contributed by atoms with Crippen LogP contribution in [0.2, 0.25) is 0 Å². The van der Waals surface area contributed by atoms with Crippen LogP contribution in [-0.2, 0) is 11.3 Å². The number of hydrogen-bond acceptors (Lipinski definition) is 5. The van der Waals surface area contributed by atoms with Crippen LogP contribution in [0.25, 0.3) is 11.4 Å². The molecule has 0 aliphatic carbocycles. The largest absolute Gasteiger partial charge is 0.399 e. The van der Waals surface area contributed by atoms with Crippen LogP contribution in [-0.4, -0.2) is 33.9 Å². The molecule has 0 fully saturated rings. The number of unbranched alkanes of at least 4 members (excludes halogenated alkanes) is 2. The summed E-state index contributed by atoms with van der Waals surface area (Å²) in [6, 6.07) is 4.50. The van der Waals surface area contributed by atoms with Gasteiger partial charge in [-0.25, -0.2) is 9.07 Å². The molecular weight excluding hydrogens is 261 g/mol. The highest BCUT2D eigenvalue weighted by Gasteiger charge is 2.13. The first-order valence-corrected chi connectivity index (χ1v) is 6.53. The normalized spacial score (nSPS) is 10.9. The van der Waals surface area contributed by atoms with E-state index in [0.29, 0.717) is 23.6 Å². The highest BCUT2D eigenvalue weighted by atomic mass is 19.1. The van der Waals surface area contributed by atoms with E-state index in [0.717, 1.165) is 25.9 Å². The number of halogens is 1. The van der Waals surface area contributed by atoms with Crippen molar-refractivity contribution < 1.29 is 9.13 Å². The summed E-state index contributed by atoms with van der Waals surface area (Å²) in [6.45, 7) is 1.39. The standard InChI is InChI=1S/C13H18FN5O/c1-20-8-4-2-3-7-19-13(16-17-18-19)11-6-5-10(15)9-12(11)14/h5-6,9H,2-4,7-8,15H2,1H3. The number of nitrogens with zero attached hydrogens (tertiary/aromatic N) is 4. The van der Waals surface area contributed by atoms with Crippen molar-refractivity contribution in [3.05, 3.63) is 24.0 Å². The number of hydrogen-bond donors (Lipinski definition) is 1. The minimum atomic E-state index is -0.416. The first-order chi connectivity index (χ1) is 9.72. The van der Waals surface area contributed by atoms with E-state index >= 15 is 0 Å². The summed E-state index contributed by atoms with van der Waals surface area (Å²) < 4.78 is 20.5. The average Bonchev–Trinajstić information content (AvgIpc) is 2.87. The second-order valence-corrected chi connectivity index (χ2v) is 4.52. The smallest absolute Gasteiger partial charge is 0.184 e. The molecule has 1 aromatic heterocycles. The Morgan fingerprint density at radius 2 is 2.15 bits per heavy atom. The van der Waals surface area contributed by atoms with Crippen molar-refractivity contribution >= 4 is 5.69 Å². The SMILES string of the molecule is COCCCCCn1nnnc1-c1ccc(N)cc1F. The maximum absolute atomic E-state index is 13.9. The van der Waals surface area contributed by atoms with Crippen molar-refractivity contribution in [3.63, 3.8) is 0 Å². The predicted molar refractivity (Wildman–Crippen MR) is 73.4 cm³/mol. The van der Waals surface area contributed by atoms with Crippen molar-refractivity contribution in [2.45, 2.75) is 25.8 Å². The van der Waals surface area contributed by atoms with E-state index in [1.165, 1.54) is 6.07 Å². The van der Waals surface area contributed by atoms with Crippen molar-refractivity contribution in [1.82, 2.24) is 20.2 Å². The number of nitrogens with two attached hydrogens (primary N) is 1. The minimum absolute atomic E-state index is 0.362. The van der Waals surface area contributed by atoms with Crippen molar-refractivity contribution in [2.75, 3.05) is 19.5 Å². The second-order valence-electron chi connectivity index (χ2n) is 4.52. The summed E-state index contributed by atoms with van der Waals surface area (Å²) in [5, 5.41) is 11.4. The lowest BCUT2D eigenvalue weighted by Crippen LogP contribution is -2.04. The molecule has 2 rings (SSSR count). The van der Waals surface area contributed by atoms with Crippen LogP contribution in [0.4, 0.5) is 10.1 Å². The molecule has 0 amide bonds. The highest BCUT2D eigenvalue weighted by molar-refractivity contribution is 5.59. The topological polar surface area (TPSA) is 78.8 Å². The lowest BCUT2D eigenvalue weighted by Gasteiger charge is -2.06. The van der Waals surface area contributed by atoms with Crippen LogP contribution in [0.3, 0.4) is 0 Å². The molecule has 108 valence electrons. The monoisotopic (exact) mass is 279 g/mol.